The summed E-state index contributed by atoms with van der Waals surface area (Å²) < 4.78 is 44.8. The summed E-state index contributed by atoms with van der Waals surface area (Å²) in [6.45, 7) is 1.54. The Morgan fingerprint density at radius 2 is 1.69 bits per heavy atom. The second-order valence-corrected chi connectivity index (χ2v) is 15.0. The molecule has 0 spiro atoms. The van der Waals surface area contributed by atoms with Crippen LogP contribution in [0.25, 0.3) is 0 Å². The zero-order valence-corrected chi connectivity index (χ0v) is 27.0. The zero-order chi connectivity index (χ0) is 33.5. The van der Waals surface area contributed by atoms with E-state index in [0.29, 0.717) is 11.4 Å². The molecule has 2 aliphatic carbocycles. The third-order valence-corrected chi connectivity index (χ3v) is 12.7. The highest BCUT2D eigenvalue weighted by molar-refractivity contribution is 8.00. The van der Waals surface area contributed by atoms with Crippen molar-refractivity contribution in [3.05, 3.63) is 104 Å². The molecule has 2 bridgehead atoms. The molecule has 4 unspecified atom stereocenters. The number of benzene rings is 3. The lowest BCUT2D eigenvalue weighted by molar-refractivity contribution is -0.137. The number of imide groups is 1. The van der Waals surface area contributed by atoms with E-state index in [1.54, 1.807) is 23.9 Å². The molecule has 1 aromatic heterocycles. The number of carbonyl (C=O) groups is 3. The standard InChI is InChI=1S/C35H28F3N3O5S2/c1-16-5-9-20(10-6-16)41-32(43)27-22-14-23(28(27)33(41)44)29-26(22)25(30-31(47-29)40-34(45)48-30)17-7-11-21(12-8-17)46-15-24(42)39-19-4-2-3-18(13-19)35(36,37)38/h2-13,22-23,25-29H,14-15H2,1H3,(H,39,42)(H,40,45)/t22-,23-,25-,26?,27?,28?,29?/m1/s1. The first-order valence-corrected chi connectivity index (χ1v) is 17.2. The van der Waals surface area contributed by atoms with Gasteiger partial charge in [0, 0.05) is 21.7 Å². The van der Waals surface area contributed by atoms with Crippen LogP contribution in [-0.2, 0) is 20.6 Å². The summed E-state index contributed by atoms with van der Waals surface area (Å²) in [4.78, 5) is 57.9. The highest BCUT2D eigenvalue weighted by Crippen LogP contribution is 2.68. The quantitative estimate of drug-likeness (QED) is 0.225. The number of fused-ring (bicyclic) bond motifs is 9. The molecule has 13 heteroatoms. The topological polar surface area (TPSA) is 109 Å². The SMILES string of the molecule is Cc1ccc(N2C(=O)C3C(C2=O)[C@@H]2C[C@H]3C3Sc4[nH]c(=O)sc4[C@H](c4ccc(OCC(=O)Nc5cccc(C(F)(F)F)c5)cc4)C32)cc1. The Morgan fingerprint density at radius 1 is 0.979 bits per heavy atom. The fourth-order valence-electron chi connectivity index (χ4n) is 8.23. The minimum absolute atomic E-state index is 0.00102. The average Bonchev–Trinajstić information content (AvgIpc) is 3.79. The smallest absolute Gasteiger partial charge is 0.416 e. The van der Waals surface area contributed by atoms with Gasteiger partial charge < -0.3 is 15.0 Å². The first-order chi connectivity index (χ1) is 23.0. The third-order valence-electron chi connectivity index (χ3n) is 10.1. The predicted molar refractivity (Wildman–Crippen MR) is 174 cm³/mol. The van der Waals surface area contributed by atoms with Gasteiger partial charge in [-0.05, 0) is 79.1 Å². The molecular formula is C35H28F3N3O5S2. The Bertz CT molecular complexity index is 2010. The van der Waals surface area contributed by atoms with Gasteiger partial charge >= 0.3 is 11.0 Å². The van der Waals surface area contributed by atoms with Crippen molar-refractivity contribution >= 4 is 52.2 Å². The normalized spacial score (nSPS) is 27.1. The average molecular weight is 692 g/mol. The summed E-state index contributed by atoms with van der Waals surface area (Å²) in [5.41, 5.74) is 1.71. The Morgan fingerprint density at radius 3 is 2.40 bits per heavy atom. The van der Waals surface area contributed by atoms with Crippen molar-refractivity contribution in [2.45, 2.75) is 35.7 Å². The van der Waals surface area contributed by atoms with E-state index in [0.717, 1.165) is 39.6 Å². The summed E-state index contributed by atoms with van der Waals surface area (Å²) >= 11 is 2.79. The monoisotopic (exact) mass is 691 g/mol. The number of anilines is 2. The van der Waals surface area contributed by atoms with Gasteiger partial charge in [0.15, 0.2) is 6.61 Å². The molecule has 3 aromatic carbocycles. The minimum atomic E-state index is -4.53. The van der Waals surface area contributed by atoms with Gasteiger partial charge in [-0.25, -0.2) is 0 Å². The van der Waals surface area contributed by atoms with Crippen molar-refractivity contribution in [2.24, 2.45) is 29.6 Å². The van der Waals surface area contributed by atoms with Gasteiger partial charge in [-0.1, -0.05) is 47.2 Å². The lowest BCUT2D eigenvalue weighted by atomic mass is 9.68. The Balaban J connectivity index is 1.02. The number of aromatic nitrogens is 1. The number of alkyl halides is 3. The zero-order valence-electron chi connectivity index (χ0n) is 25.3. The highest BCUT2D eigenvalue weighted by Gasteiger charge is 2.69. The number of rotatable bonds is 6. The van der Waals surface area contributed by atoms with E-state index in [4.69, 9.17) is 4.74 Å². The first-order valence-electron chi connectivity index (χ1n) is 15.5. The Labute approximate surface area is 280 Å². The summed E-state index contributed by atoms with van der Waals surface area (Å²) in [5.74, 6) is -1.50. The van der Waals surface area contributed by atoms with Gasteiger partial charge in [-0.2, -0.15) is 13.2 Å². The number of hydrogen-bond donors (Lipinski definition) is 2. The van der Waals surface area contributed by atoms with Crippen molar-refractivity contribution in [3.8, 4) is 5.75 Å². The molecule has 3 amide bonds. The fourth-order valence-corrected chi connectivity index (χ4v) is 11.1. The molecule has 7 atom stereocenters. The largest absolute Gasteiger partial charge is 0.484 e. The number of thioether (sulfide) groups is 1. The second-order valence-electron chi connectivity index (χ2n) is 12.8. The van der Waals surface area contributed by atoms with Crippen LogP contribution in [0.2, 0.25) is 0 Å². The van der Waals surface area contributed by atoms with E-state index in [-0.39, 0.29) is 57.2 Å². The molecule has 246 valence electrons. The number of hydrogen-bond acceptors (Lipinski definition) is 7. The molecule has 48 heavy (non-hydrogen) atoms. The third kappa shape index (κ3) is 5.06. The van der Waals surface area contributed by atoms with Crippen LogP contribution in [0.3, 0.4) is 0 Å². The molecule has 3 fully saturated rings. The van der Waals surface area contributed by atoms with Crippen molar-refractivity contribution in [1.29, 1.82) is 0 Å². The Hall–Kier alpha value is -4.36. The molecule has 8 rings (SSSR count). The molecular weight excluding hydrogens is 664 g/mol. The van der Waals surface area contributed by atoms with Gasteiger partial charge in [-0.3, -0.25) is 24.1 Å². The van der Waals surface area contributed by atoms with Crippen LogP contribution in [0, 0.1) is 36.5 Å². The van der Waals surface area contributed by atoms with Crippen LogP contribution in [0.15, 0.2) is 82.6 Å². The van der Waals surface area contributed by atoms with Gasteiger partial charge in [0.2, 0.25) is 11.8 Å². The molecule has 4 aliphatic rings. The minimum Gasteiger partial charge on any atom is -0.484 e. The lowest BCUT2D eigenvalue weighted by Crippen LogP contribution is -2.42. The van der Waals surface area contributed by atoms with Gasteiger partial charge in [0.1, 0.15) is 5.75 Å². The van der Waals surface area contributed by atoms with Crippen molar-refractivity contribution in [2.75, 3.05) is 16.8 Å². The first kappa shape index (κ1) is 30.9. The molecule has 3 heterocycles. The number of carbonyl (C=O) groups excluding carboxylic acids is 3. The van der Waals surface area contributed by atoms with Crippen molar-refractivity contribution in [1.82, 2.24) is 4.98 Å². The predicted octanol–water partition coefficient (Wildman–Crippen LogP) is 6.46. The number of amides is 3. The number of ether oxygens (including phenoxy) is 1. The lowest BCUT2D eigenvalue weighted by Gasteiger charge is -2.43. The number of nitrogens with one attached hydrogen (secondary N) is 2. The van der Waals surface area contributed by atoms with Crippen molar-refractivity contribution < 1.29 is 32.3 Å². The van der Waals surface area contributed by atoms with E-state index in [1.807, 2.05) is 43.3 Å². The maximum Gasteiger partial charge on any atom is 0.416 e. The van der Waals surface area contributed by atoms with Crippen molar-refractivity contribution in [3.63, 3.8) is 0 Å². The van der Waals surface area contributed by atoms with Gasteiger partial charge in [0.05, 0.1) is 28.1 Å². The van der Waals surface area contributed by atoms with E-state index < -0.39 is 30.2 Å². The van der Waals surface area contributed by atoms with Gasteiger partial charge in [0.25, 0.3) is 5.91 Å². The molecule has 2 saturated carbocycles. The molecule has 2 N–H and O–H groups in total. The number of halogens is 3. The number of thiazole rings is 1. The molecule has 4 aromatic rings. The van der Waals surface area contributed by atoms with E-state index >= 15 is 0 Å². The molecule has 1 saturated heterocycles. The maximum absolute atomic E-state index is 13.9. The van der Waals surface area contributed by atoms with Crippen LogP contribution < -0.4 is 19.8 Å². The molecule has 8 nitrogen and oxygen atoms in total. The summed E-state index contributed by atoms with van der Waals surface area (Å²) in [5, 5.41) is 3.28. The van der Waals surface area contributed by atoms with Crippen LogP contribution in [0.5, 0.6) is 5.75 Å². The summed E-state index contributed by atoms with van der Waals surface area (Å²) in [6.07, 6.45) is -3.76. The van der Waals surface area contributed by atoms with Crippen LogP contribution in [-0.4, -0.2) is 34.6 Å². The number of H-pyrrole nitrogens is 1. The number of nitrogens with zero attached hydrogens (tertiary/aromatic N) is 1. The Kier molecular flexibility index (Phi) is 7.33. The summed E-state index contributed by atoms with van der Waals surface area (Å²) in [7, 11) is 0. The summed E-state index contributed by atoms with van der Waals surface area (Å²) in [6, 6.07) is 19.0. The molecule has 0 radical (unpaired) electrons. The van der Waals surface area contributed by atoms with E-state index in [2.05, 4.69) is 10.3 Å². The number of aryl methyl sites for hydroxylation is 1. The second kappa shape index (κ2) is 11.4. The highest BCUT2D eigenvalue weighted by atomic mass is 32.2. The van der Waals surface area contributed by atoms with Crippen LogP contribution >= 0.6 is 23.1 Å². The molecule has 2 aliphatic heterocycles. The van der Waals surface area contributed by atoms with Gasteiger partial charge in [-0.15, -0.1) is 11.8 Å². The fraction of sp³-hybridized carbons (Fsp3) is 0.314. The van der Waals surface area contributed by atoms with Crippen LogP contribution in [0.4, 0.5) is 24.5 Å². The maximum atomic E-state index is 13.9. The van der Waals surface area contributed by atoms with Crippen LogP contribution in [0.1, 0.15) is 33.9 Å². The number of aromatic amines is 1. The van der Waals surface area contributed by atoms with E-state index in [9.17, 15) is 32.3 Å². The van der Waals surface area contributed by atoms with E-state index in [1.165, 1.54) is 28.4 Å².